The van der Waals surface area contributed by atoms with Gasteiger partial charge in [-0.15, -0.1) is 5.10 Å². The lowest BCUT2D eigenvalue weighted by Gasteiger charge is -2.20. The van der Waals surface area contributed by atoms with Crippen LogP contribution in [0, 0.1) is 0 Å². The van der Waals surface area contributed by atoms with E-state index in [0.717, 1.165) is 37.7 Å². The van der Waals surface area contributed by atoms with Gasteiger partial charge in [0.05, 0.1) is 6.20 Å². The second-order valence-corrected chi connectivity index (χ2v) is 6.33. The molecule has 5 nitrogen and oxygen atoms in total. The second-order valence-electron chi connectivity index (χ2n) is 6.33. The van der Waals surface area contributed by atoms with Crippen LogP contribution in [-0.2, 0) is 12.8 Å². The molecule has 0 unspecified atom stereocenters. The first-order valence-corrected chi connectivity index (χ1v) is 9.14. The molecule has 1 aromatic carbocycles. The molecule has 0 saturated carbocycles. The lowest BCUT2D eigenvalue weighted by molar-refractivity contribution is 0.726. The van der Waals surface area contributed by atoms with Crippen molar-refractivity contribution >= 4 is 17.5 Å². The molecule has 0 aliphatic carbocycles. The summed E-state index contributed by atoms with van der Waals surface area (Å²) in [6, 6.07) is 6.47. The molecule has 1 fully saturated rings. The Morgan fingerprint density at radius 1 is 1.00 bits per heavy atom. The highest BCUT2D eigenvalue weighted by atomic mass is 15.3. The Labute approximate surface area is 144 Å². The average molecular weight is 325 g/mol. The summed E-state index contributed by atoms with van der Waals surface area (Å²) in [4.78, 5) is 6.99. The van der Waals surface area contributed by atoms with Crippen molar-refractivity contribution in [1.29, 1.82) is 0 Å². The smallest absolute Gasteiger partial charge is 0.247 e. The van der Waals surface area contributed by atoms with Crippen LogP contribution in [0.4, 0.5) is 17.5 Å². The van der Waals surface area contributed by atoms with Gasteiger partial charge in [0.15, 0.2) is 5.82 Å². The van der Waals surface area contributed by atoms with Crippen molar-refractivity contribution in [3.05, 3.63) is 35.5 Å². The fourth-order valence-corrected chi connectivity index (χ4v) is 3.29. The molecule has 128 valence electrons. The van der Waals surface area contributed by atoms with Crippen LogP contribution in [0.5, 0.6) is 0 Å². The summed E-state index contributed by atoms with van der Waals surface area (Å²) in [7, 11) is 0. The minimum atomic E-state index is 0.744. The fourth-order valence-electron chi connectivity index (χ4n) is 3.29. The zero-order valence-corrected chi connectivity index (χ0v) is 14.8. The van der Waals surface area contributed by atoms with Gasteiger partial charge in [-0.25, -0.2) is 0 Å². The summed E-state index contributed by atoms with van der Waals surface area (Å²) in [6.07, 6.45) is 8.71. The average Bonchev–Trinajstić information content (AvgIpc) is 2.91. The number of nitrogens with one attached hydrogen (secondary N) is 1. The van der Waals surface area contributed by atoms with E-state index in [0.29, 0.717) is 0 Å². The van der Waals surface area contributed by atoms with Gasteiger partial charge in [-0.3, -0.25) is 0 Å². The maximum Gasteiger partial charge on any atom is 0.247 e. The van der Waals surface area contributed by atoms with Crippen molar-refractivity contribution in [2.45, 2.75) is 52.4 Å². The van der Waals surface area contributed by atoms with Crippen LogP contribution in [0.15, 0.2) is 24.4 Å². The molecule has 2 aromatic rings. The summed E-state index contributed by atoms with van der Waals surface area (Å²) in [5.41, 5.74) is 3.79. The zero-order chi connectivity index (χ0) is 16.8. The van der Waals surface area contributed by atoms with E-state index in [1.807, 2.05) is 0 Å². The number of benzene rings is 1. The Morgan fingerprint density at radius 2 is 1.67 bits per heavy atom. The predicted octanol–water partition coefficient (Wildman–Crippen LogP) is 4.12. The molecule has 3 rings (SSSR count). The maximum absolute atomic E-state index is 4.73. The van der Waals surface area contributed by atoms with E-state index in [1.165, 1.54) is 42.5 Å². The van der Waals surface area contributed by atoms with Gasteiger partial charge in [0.1, 0.15) is 0 Å². The van der Waals surface area contributed by atoms with Crippen LogP contribution >= 0.6 is 0 Å². The minimum absolute atomic E-state index is 0.744. The first-order chi connectivity index (χ1) is 11.8. The Hall–Kier alpha value is -2.17. The summed E-state index contributed by atoms with van der Waals surface area (Å²) < 4.78 is 0. The summed E-state index contributed by atoms with van der Waals surface area (Å²) in [5, 5.41) is 11.9. The topological polar surface area (TPSA) is 53.9 Å². The molecule has 0 spiro atoms. The quantitative estimate of drug-likeness (QED) is 0.896. The van der Waals surface area contributed by atoms with Crippen molar-refractivity contribution in [1.82, 2.24) is 15.2 Å². The third-order valence-electron chi connectivity index (χ3n) is 4.69. The van der Waals surface area contributed by atoms with Gasteiger partial charge in [-0.1, -0.05) is 44.9 Å². The van der Waals surface area contributed by atoms with Crippen LogP contribution in [0.2, 0.25) is 0 Å². The number of hydrogen-bond acceptors (Lipinski definition) is 5. The highest BCUT2D eigenvalue weighted by Gasteiger charge is 2.14. The van der Waals surface area contributed by atoms with Gasteiger partial charge in [0.2, 0.25) is 5.95 Å². The molecule has 1 aliphatic rings. The normalized spacial score (nSPS) is 15.2. The van der Waals surface area contributed by atoms with E-state index in [2.05, 4.69) is 52.5 Å². The minimum Gasteiger partial charge on any atom is -0.339 e. The van der Waals surface area contributed by atoms with E-state index < -0.39 is 0 Å². The molecule has 0 amide bonds. The Bertz CT molecular complexity index is 640. The highest BCUT2D eigenvalue weighted by Crippen LogP contribution is 2.26. The number of hydrogen-bond donors (Lipinski definition) is 1. The fraction of sp³-hybridized carbons (Fsp3) is 0.526. The highest BCUT2D eigenvalue weighted by molar-refractivity contribution is 5.65. The molecule has 1 aliphatic heterocycles. The van der Waals surface area contributed by atoms with Gasteiger partial charge in [-0.05, 0) is 36.8 Å². The predicted molar refractivity (Wildman–Crippen MR) is 99.0 cm³/mol. The number of nitrogens with zero attached hydrogens (tertiary/aromatic N) is 4. The van der Waals surface area contributed by atoms with Crippen LogP contribution in [0.1, 0.15) is 50.7 Å². The second kappa shape index (κ2) is 8.08. The number of aromatic nitrogens is 3. The molecular formula is C19H27N5. The number of anilines is 3. The molecule has 0 bridgehead atoms. The van der Waals surface area contributed by atoms with Gasteiger partial charge in [0, 0.05) is 18.8 Å². The van der Waals surface area contributed by atoms with Crippen LogP contribution in [0.3, 0.4) is 0 Å². The third kappa shape index (κ3) is 3.83. The first-order valence-electron chi connectivity index (χ1n) is 9.14. The van der Waals surface area contributed by atoms with Gasteiger partial charge in [-0.2, -0.15) is 10.1 Å². The van der Waals surface area contributed by atoms with Crippen molar-refractivity contribution < 1.29 is 0 Å². The Morgan fingerprint density at radius 3 is 2.29 bits per heavy atom. The van der Waals surface area contributed by atoms with E-state index in [9.17, 15) is 0 Å². The molecule has 1 aromatic heterocycles. The summed E-state index contributed by atoms with van der Waals surface area (Å²) in [5.74, 6) is 1.52. The lowest BCUT2D eigenvalue weighted by Crippen LogP contribution is -2.26. The van der Waals surface area contributed by atoms with E-state index in [-0.39, 0.29) is 0 Å². The van der Waals surface area contributed by atoms with Crippen LogP contribution in [-0.4, -0.2) is 28.3 Å². The molecule has 24 heavy (non-hydrogen) atoms. The number of rotatable bonds is 5. The zero-order valence-electron chi connectivity index (χ0n) is 14.8. The molecule has 2 heterocycles. The van der Waals surface area contributed by atoms with Crippen molar-refractivity contribution in [3.63, 3.8) is 0 Å². The third-order valence-corrected chi connectivity index (χ3v) is 4.69. The van der Waals surface area contributed by atoms with Crippen molar-refractivity contribution in [3.8, 4) is 0 Å². The van der Waals surface area contributed by atoms with Gasteiger partial charge >= 0.3 is 0 Å². The van der Waals surface area contributed by atoms with E-state index in [4.69, 9.17) is 4.98 Å². The largest absolute Gasteiger partial charge is 0.339 e. The van der Waals surface area contributed by atoms with Crippen molar-refractivity contribution in [2.24, 2.45) is 0 Å². The SMILES string of the molecule is CCc1cccc(CC)c1Nc1cnnc(N2CCCCCC2)n1. The number of para-hydroxylation sites is 1. The van der Waals surface area contributed by atoms with E-state index in [1.54, 1.807) is 6.20 Å². The number of aryl methyl sites for hydroxylation is 2. The summed E-state index contributed by atoms with van der Waals surface area (Å²) in [6.45, 7) is 6.41. The lowest BCUT2D eigenvalue weighted by atomic mass is 10.0. The van der Waals surface area contributed by atoms with Crippen LogP contribution in [0.25, 0.3) is 0 Å². The summed E-state index contributed by atoms with van der Waals surface area (Å²) >= 11 is 0. The van der Waals surface area contributed by atoms with Gasteiger partial charge in [0.25, 0.3) is 0 Å². The molecule has 1 N–H and O–H groups in total. The standard InChI is InChI=1S/C19H27N5/c1-3-15-10-9-11-16(4-2)18(15)21-17-14-20-23-19(22-17)24-12-7-5-6-8-13-24/h9-11,14H,3-8,12-13H2,1-2H3,(H,21,22,23). The maximum atomic E-state index is 4.73. The van der Waals surface area contributed by atoms with Crippen LogP contribution < -0.4 is 10.2 Å². The monoisotopic (exact) mass is 325 g/mol. The first kappa shape index (κ1) is 16.7. The molecular weight excluding hydrogens is 298 g/mol. The molecule has 0 radical (unpaired) electrons. The van der Waals surface area contributed by atoms with Crippen molar-refractivity contribution in [2.75, 3.05) is 23.3 Å². The Balaban J connectivity index is 1.85. The molecule has 1 saturated heterocycles. The molecule has 0 atom stereocenters. The Kier molecular flexibility index (Phi) is 5.62. The van der Waals surface area contributed by atoms with E-state index >= 15 is 0 Å². The van der Waals surface area contributed by atoms with Gasteiger partial charge < -0.3 is 10.2 Å². The molecule has 5 heteroatoms.